The Hall–Kier alpha value is -7.34. The van der Waals surface area contributed by atoms with Gasteiger partial charge in [-0.1, -0.05) is 65.0 Å². The number of rotatable bonds is 36. The van der Waals surface area contributed by atoms with Gasteiger partial charge in [0.25, 0.3) is 0 Å². The van der Waals surface area contributed by atoms with E-state index < -0.39 is 132 Å². The van der Waals surface area contributed by atoms with Crippen LogP contribution in [-0.2, 0) is 64.0 Å². The highest BCUT2D eigenvalue weighted by Crippen LogP contribution is 2.16. The number of primary amides is 1. The lowest BCUT2D eigenvalue weighted by Crippen LogP contribution is -2.61. The molecule has 95 heavy (non-hydrogen) atoms. The van der Waals surface area contributed by atoms with Crippen LogP contribution in [0.1, 0.15) is 194 Å². The molecule has 1 saturated heterocycles. The van der Waals surface area contributed by atoms with E-state index in [0.29, 0.717) is 95.5 Å². The van der Waals surface area contributed by atoms with Gasteiger partial charge in [-0.2, -0.15) is 0 Å². The third-order valence-electron chi connectivity index (χ3n) is 16.2. The molecule has 0 aliphatic carbocycles. The van der Waals surface area contributed by atoms with E-state index in [9.17, 15) is 57.5 Å². The van der Waals surface area contributed by atoms with Crippen LogP contribution in [0.3, 0.4) is 0 Å². The van der Waals surface area contributed by atoms with Crippen LogP contribution in [-0.4, -0.2) is 171 Å². The van der Waals surface area contributed by atoms with E-state index in [0.717, 1.165) is 0 Å². The fourth-order valence-corrected chi connectivity index (χ4v) is 10.8. The van der Waals surface area contributed by atoms with Gasteiger partial charge in [0.2, 0.25) is 70.9 Å². The number of hydrogen-bond donors (Lipinski definition) is 17. The van der Waals surface area contributed by atoms with E-state index in [1.807, 2.05) is 20.8 Å². The molecule has 0 bridgehead atoms. The normalized spacial score (nSPS) is 23.0. The lowest BCUT2D eigenvalue weighted by molar-refractivity contribution is -0.137. The van der Waals surface area contributed by atoms with E-state index in [-0.39, 0.29) is 121 Å². The Labute approximate surface area is 561 Å². The standard InChI is InChI=1S/C66H117N17O12/c1-6-22-56(85)73-38-21-15-30-50-62(91)83-54(41-44-23-8-7-9-24-44)66(95)79-47(27-12-18-35-69)59(88)75-49(29-14-20-37-71)61(90)82-53(40-43(4)5)65(94)80-51(31-32-55(72)84)63(92)77-45(25-10-16-33-67)57(86)74-48(28-13-19-36-70)60(89)81-52(39-42(2)3)64(93)78-46(58(87)76-50)26-11-17-34-68/h7-9,23-24,42-43,45-54H,6,10-22,25-41,67-71H2,1-5H3,(H2,72,84)(H,73,85)(H,74,86)(H,75,88)(H,76,87)(H,77,92)(H,78,93)(H,79,95)(H,80,94)(H,81,89)(H,82,90)(H,83,91)/t45-,46+,47+,48+,49+,50+,51+,52+,53+,54+/m1/s1. The molecule has 10 atom stereocenters. The third kappa shape index (κ3) is 34.8. The van der Waals surface area contributed by atoms with Crippen LogP contribution in [0.2, 0.25) is 0 Å². The fourth-order valence-electron chi connectivity index (χ4n) is 10.8. The summed E-state index contributed by atoms with van der Waals surface area (Å²) >= 11 is 0. The van der Waals surface area contributed by atoms with Gasteiger partial charge in [-0.15, -0.1) is 0 Å². The van der Waals surface area contributed by atoms with Crippen molar-refractivity contribution in [2.45, 2.75) is 256 Å². The first-order chi connectivity index (χ1) is 45.4. The number of nitrogens with one attached hydrogen (secondary N) is 11. The second-order valence-corrected chi connectivity index (χ2v) is 25.6. The van der Waals surface area contributed by atoms with E-state index in [4.69, 9.17) is 34.4 Å². The van der Waals surface area contributed by atoms with Crippen LogP contribution in [0, 0.1) is 11.8 Å². The number of hydrogen-bond acceptors (Lipinski definition) is 17. The van der Waals surface area contributed by atoms with Crippen molar-refractivity contribution in [1.29, 1.82) is 0 Å². The van der Waals surface area contributed by atoms with Gasteiger partial charge in [0.1, 0.15) is 60.4 Å². The van der Waals surface area contributed by atoms with E-state index in [1.165, 1.54) is 0 Å². The average Bonchev–Trinajstić information content (AvgIpc) is 0.890. The number of nitrogens with two attached hydrogens (primary N) is 6. The monoisotopic (exact) mass is 1340 g/mol. The first-order valence-electron chi connectivity index (χ1n) is 34.5. The second-order valence-electron chi connectivity index (χ2n) is 25.6. The Kier molecular flexibility index (Phi) is 42.6. The van der Waals surface area contributed by atoms with Crippen molar-refractivity contribution in [2.75, 3.05) is 39.3 Å². The zero-order valence-electron chi connectivity index (χ0n) is 57.1. The SMILES string of the molecule is CCCC(=O)NCCCC[C@@H]1NC(=O)[C@H](CCCCN)NC(=O)[C@H](CC(C)C)NC(=O)[C@H](CCCCN)NC(=O)[C@@H](CCCCN)NC(=O)[C@H](CCC(N)=O)NC(=O)[C@H](CC(C)C)NC(=O)[C@H](CCCCN)NC(=O)[C@H](CCCCN)NC(=O)[C@H](Cc2ccccc2)NC1=O. The molecule has 0 saturated carbocycles. The van der Waals surface area contributed by atoms with Gasteiger partial charge in [0.15, 0.2) is 0 Å². The highest BCUT2D eigenvalue weighted by Gasteiger charge is 2.37. The molecule has 1 aromatic rings. The highest BCUT2D eigenvalue weighted by atomic mass is 16.2. The van der Waals surface area contributed by atoms with Gasteiger partial charge in [0.05, 0.1) is 0 Å². The summed E-state index contributed by atoms with van der Waals surface area (Å²) in [6, 6.07) is -4.73. The Morgan fingerprint density at radius 3 is 0.916 bits per heavy atom. The number of carbonyl (C=O) groups excluding carboxylic acids is 12. The molecule has 29 heteroatoms. The van der Waals surface area contributed by atoms with Gasteiger partial charge in [0, 0.05) is 25.8 Å². The van der Waals surface area contributed by atoms with Crippen LogP contribution in [0.15, 0.2) is 30.3 Å². The minimum absolute atomic E-state index is 0.00148. The predicted octanol–water partition coefficient (Wildman–Crippen LogP) is -0.820. The summed E-state index contributed by atoms with van der Waals surface area (Å²) < 4.78 is 0. The van der Waals surface area contributed by atoms with E-state index in [2.05, 4.69) is 58.5 Å². The van der Waals surface area contributed by atoms with Crippen LogP contribution in [0.25, 0.3) is 0 Å². The molecule has 29 nitrogen and oxygen atoms in total. The van der Waals surface area contributed by atoms with Crippen molar-refractivity contribution >= 4 is 70.9 Å². The molecule has 1 aromatic carbocycles. The zero-order chi connectivity index (χ0) is 70.7. The molecular weight excluding hydrogens is 1220 g/mol. The third-order valence-corrected chi connectivity index (χ3v) is 16.2. The lowest BCUT2D eigenvalue weighted by Gasteiger charge is -2.30. The number of amides is 12. The largest absolute Gasteiger partial charge is 0.370 e. The molecule has 1 heterocycles. The molecule has 0 unspecified atom stereocenters. The summed E-state index contributed by atoms with van der Waals surface area (Å²) in [5, 5.41) is 30.7. The maximum absolute atomic E-state index is 15.0. The lowest BCUT2D eigenvalue weighted by atomic mass is 9.99. The van der Waals surface area contributed by atoms with Crippen LogP contribution in [0.4, 0.5) is 0 Å². The predicted molar refractivity (Wildman–Crippen MR) is 363 cm³/mol. The number of carbonyl (C=O) groups is 12. The van der Waals surface area contributed by atoms with E-state index in [1.54, 1.807) is 44.2 Å². The first kappa shape index (κ1) is 83.7. The Balaban J connectivity index is 3.05. The average molecular weight is 1340 g/mol. The molecule has 2 rings (SSSR count). The van der Waals surface area contributed by atoms with Gasteiger partial charge < -0.3 is 92.9 Å². The fraction of sp³-hybridized carbons (Fsp3) is 0.727. The summed E-state index contributed by atoms with van der Waals surface area (Å²) in [6.45, 7) is 10.6. The van der Waals surface area contributed by atoms with Crippen LogP contribution in [0.5, 0.6) is 0 Å². The van der Waals surface area contributed by atoms with Gasteiger partial charge in [-0.3, -0.25) is 57.5 Å². The molecule has 538 valence electrons. The molecule has 1 aliphatic rings. The molecular formula is C66H117N17O12. The molecule has 12 amide bonds. The van der Waals surface area contributed by atoms with Crippen molar-refractivity contribution in [3.05, 3.63) is 35.9 Å². The van der Waals surface area contributed by atoms with Gasteiger partial charge in [-0.05, 0) is 191 Å². The van der Waals surface area contributed by atoms with Crippen LogP contribution < -0.4 is 92.9 Å². The minimum atomic E-state index is -1.51. The summed E-state index contributed by atoms with van der Waals surface area (Å²) in [7, 11) is 0. The number of unbranched alkanes of at least 4 members (excludes halogenated alkanes) is 6. The quantitative estimate of drug-likeness (QED) is 0.0365. The minimum Gasteiger partial charge on any atom is -0.370 e. The van der Waals surface area contributed by atoms with Gasteiger partial charge >= 0.3 is 0 Å². The summed E-state index contributed by atoms with van der Waals surface area (Å²) in [6.07, 6.45) is 4.91. The molecule has 1 fully saturated rings. The maximum Gasteiger partial charge on any atom is 0.243 e. The smallest absolute Gasteiger partial charge is 0.243 e. The number of benzene rings is 1. The van der Waals surface area contributed by atoms with Gasteiger partial charge in [-0.25, -0.2) is 0 Å². The molecule has 0 aromatic heterocycles. The van der Waals surface area contributed by atoms with Crippen molar-refractivity contribution in [2.24, 2.45) is 46.2 Å². The highest BCUT2D eigenvalue weighted by molar-refractivity contribution is 5.99. The van der Waals surface area contributed by atoms with Crippen molar-refractivity contribution in [1.82, 2.24) is 58.5 Å². The Morgan fingerprint density at radius 1 is 0.368 bits per heavy atom. The van der Waals surface area contributed by atoms with Crippen molar-refractivity contribution in [3.8, 4) is 0 Å². The zero-order valence-corrected chi connectivity index (χ0v) is 57.1. The molecule has 0 spiro atoms. The summed E-state index contributed by atoms with van der Waals surface area (Å²) in [5.41, 5.74) is 35.6. The summed E-state index contributed by atoms with van der Waals surface area (Å²) in [4.78, 5) is 172. The first-order valence-corrected chi connectivity index (χ1v) is 34.5. The topological polar surface area (TPSA) is 493 Å². The molecule has 0 radical (unpaired) electrons. The van der Waals surface area contributed by atoms with E-state index >= 15 is 0 Å². The Morgan fingerprint density at radius 2 is 0.632 bits per heavy atom. The summed E-state index contributed by atoms with van der Waals surface area (Å²) in [5.74, 6) is -9.40. The molecule has 1 aliphatic heterocycles. The second kappa shape index (κ2) is 48.4. The van der Waals surface area contributed by atoms with Crippen LogP contribution >= 0.6 is 0 Å². The van der Waals surface area contributed by atoms with Crippen molar-refractivity contribution in [3.63, 3.8) is 0 Å². The Bertz CT molecular complexity index is 2530. The molecule has 23 N–H and O–H groups in total. The van der Waals surface area contributed by atoms with Crippen molar-refractivity contribution < 1.29 is 57.5 Å². The maximum atomic E-state index is 15.0.